The van der Waals surface area contributed by atoms with Crippen LogP contribution in [0.3, 0.4) is 0 Å². The van der Waals surface area contributed by atoms with Crippen molar-refractivity contribution in [2.24, 2.45) is 0 Å². The maximum atomic E-state index is 12.3. The number of ether oxygens (including phenoxy) is 2. The van der Waals surface area contributed by atoms with Gasteiger partial charge in [0.2, 0.25) is 5.95 Å². The lowest BCUT2D eigenvalue weighted by Crippen LogP contribution is -2.18. The van der Waals surface area contributed by atoms with E-state index < -0.39 is 0 Å². The van der Waals surface area contributed by atoms with Gasteiger partial charge in [-0.25, -0.2) is 4.98 Å². The topological polar surface area (TPSA) is 88.3 Å². The third-order valence-electron chi connectivity index (χ3n) is 5.50. The molecule has 156 valence electrons. The zero-order valence-corrected chi connectivity index (χ0v) is 17.1. The van der Waals surface area contributed by atoms with Gasteiger partial charge in [0, 0.05) is 37.5 Å². The average Bonchev–Trinajstić information content (AvgIpc) is 3.28. The molecule has 1 saturated heterocycles. The molecule has 2 aromatic carbocycles. The van der Waals surface area contributed by atoms with E-state index in [9.17, 15) is 4.79 Å². The zero-order chi connectivity index (χ0) is 20.9. The molecule has 2 atom stereocenters. The van der Waals surface area contributed by atoms with Gasteiger partial charge in [0.15, 0.2) is 0 Å². The minimum atomic E-state index is -0.159. The molecule has 0 bridgehead atoms. The molecule has 0 radical (unpaired) electrons. The molecule has 7 nitrogen and oxygen atoms in total. The lowest BCUT2D eigenvalue weighted by atomic mass is 9.86. The Kier molecular flexibility index (Phi) is 5.99. The number of methoxy groups -OCH3 is 2. The van der Waals surface area contributed by atoms with Gasteiger partial charge in [-0.1, -0.05) is 24.3 Å². The summed E-state index contributed by atoms with van der Waals surface area (Å²) in [6.07, 6.45) is 0. The molecule has 0 unspecified atom stereocenters. The van der Waals surface area contributed by atoms with Gasteiger partial charge in [-0.3, -0.25) is 9.78 Å². The maximum Gasteiger partial charge on any atom is 0.252 e. The van der Waals surface area contributed by atoms with Crippen LogP contribution < -0.4 is 25.7 Å². The van der Waals surface area contributed by atoms with Crippen LogP contribution in [0.5, 0.6) is 11.5 Å². The molecule has 1 aliphatic rings. The van der Waals surface area contributed by atoms with Crippen molar-refractivity contribution < 1.29 is 9.47 Å². The van der Waals surface area contributed by atoms with Crippen molar-refractivity contribution in [2.45, 2.75) is 18.4 Å². The predicted molar refractivity (Wildman–Crippen MR) is 117 cm³/mol. The Morgan fingerprint density at radius 1 is 1.00 bits per heavy atom. The minimum absolute atomic E-state index is 0.112. The van der Waals surface area contributed by atoms with E-state index in [1.165, 1.54) is 5.56 Å². The summed E-state index contributed by atoms with van der Waals surface area (Å²) in [6, 6.07) is 17.5. The highest BCUT2D eigenvalue weighted by molar-refractivity contribution is 5.36. The third-order valence-corrected chi connectivity index (χ3v) is 5.50. The van der Waals surface area contributed by atoms with Crippen LogP contribution >= 0.6 is 0 Å². The number of hydrogen-bond acceptors (Lipinski definition) is 6. The molecule has 3 N–H and O–H groups in total. The molecule has 0 saturated carbocycles. The number of anilines is 1. The molecule has 1 aliphatic heterocycles. The lowest BCUT2D eigenvalue weighted by molar-refractivity contribution is 0.413. The van der Waals surface area contributed by atoms with Crippen molar-refractivity contribution in [1.29, 1.82) is 0 Å². The van der Waals surface area contributed by atoms with Gasteiger partial charge in [0.25, 0.3) is 5.56 Å². The quantitative estimate of drug-likeness (QED) is 0.559. The molecule has 7 heteroatoms. The number of aromatic nitrogens is 2. The van der Waals surface area contributed by atoms with Crippen LogP contribution in [0.25, 0.3) is 0 Å². The molecular formula is C23H26N4O3. The van der Waals surface area contributed by atoms with E-state index in [4.69, 9.17) is 14.5 Å². The van der Waals surface area contributed by atoms with Crippen molar-refractivity contribution in [2.75, 3.05) is 32.6 Å². The van der Waals surface area contributed by atoms with Crippen LogP contribution in [-0.2, 0) is 6.54 Å². The largest absolute Gasteiger partial charge is 0.497 e. The Morgan fingerprint density at radius 2 is 1.77 bits per heavy atom. The van der Waals surface area contributed by atoms with E-state index in [1.807, 2.05) is 36.4 Å². The van der Waals surface area contributed by atoms with Crippen molar-refractivity contribution in [3.8, 4) is 11.5 Å². The van der Waals surface area contributed by atoms with Crippen LogP contribution in [-0.4, -0.2) is 37.3 Å². The zero-order valence-electron chi connectivity index (χ0n) is 17.1. The SMILES string of the molecule is COc1ccc(CNc2nc([C@@H]3CNC[C@H]3c3cccc(OC)c3)cc(=O)[nH]2)cc1. The second kappa shape index (κ2) is 9.00. The van der Waals surface area contributed by atoms with Crippen LogP contribution in [0, 0.1) is 0 Å². The van der Waals surface area contributed by atoms with Crippen LogP contribution in [0.2, 0.25) is 0 Å². The van der Waals surface area contributed by atoms with E-state index in [2.05, 4.69) is 27.8 Å². The third kappa shape index (κ3) is 4.46. The average molecular weight is 406 g/mol. The number of nitrogens with one attached hydrogen (secondary N) is 3. The summed E-state index contributed by atoms with van der Waals surface area (Å²) in [6.45, 7) is 2.16. The van der Waals surface area contributed by atoms with Crippen LogP contribution in [0.4, 0.5) is 5.95 Å². The van der Waals surface area contributed by atoms with E-state index in [0.29, 0.717) is 12.5 Å². The molecule has 0 spiro atoms. The Labute approximate surface area is 175 Å². The first-order valence-corrected chi connectivity index (χ1v) is 9.99. The highest BCUT2D eigenvalue weighted by atomic mass is 16.5. The second-order valence-electron chi connectivity index (χ2n) is 7.37. The standard InChI is InChI=1S/C23H26N4O3/c1-29-17-8-6-15(7-9-17)12-25-23-26-21(11-22(28)27-23)20-14-24-13-19(20)16-4-3-5-18(10-16)30-2/h3-11,19-20,24H,12-14H2,1-2H3,(H2,25,26,27,28)/t19-,20+/m0/s1. The monoisotopic (exact) mass is 406 g/mol. The molecule has 0 aliphatic carbocycles. The van der Waals surface area contributed by atoms with Gasteiger partial charge in [0.05, 0.1) is 19.9 Å². The first-order valence-electron chi connectivity index (χ1n) is 9.99. The molecule has 1 fully saturated rings. The highest BCUT2D eigenvalue weighted by Crippen LogP contribution is 2.36. The fourth-order valence-corrected chi connectivity index (χ4v) is 3.89. The van der Waals surface area contributed by atoms with Gasteiger partial charge >= 0.3 is 0 Å². The van der Waals surface area contributed by atoms with Crippen molar-refractivity contribution in [3.63, 3.8) is 0 Å². The van der Waals surface area contributed by atoms with Gasteiger partial charge < -0.3 is 20.1 Å². The van der Waals surface area contributed by atoms with E-state index in [1.54, 1.807) is 20.3 Å². The first kappa shape index (κ1) is 20.0. The summed E-state index contributed by atoms with van der Waals surface area (Å²) in [7, 11) is 3.31. The Morgan fingerprint density at radius 3 is 2.53 bits per heavy atom. The lowest BCUT2D eigenvalue weighted by Gasteiger charge is -2.19. The fourth-order valence-electron chi connectivity index (χ4n) is 3.89. The number of aromatic amines is 1. The number of H-pyrrole nitrogens is 1. The minimum Gasteiger partial charge on any atom is -0.497 e. The molecule has 30 heavy (non-hydrogen) atoms. The molecule has 4 rings (SSSR count). The van der Waals surface area contributed by atoms with E-state index in [-0.39, 0.29) is 17.4 Å². The highest BCUT2D eigenvalue weighted by Gasteiger charge is 2.31. The molecule has 1 aromatic heterocycles. The summed E-state index contributed by atoms with van der Waals surface area (Å²) in [5.41, 5.74) is 2.88. The molecule has 3 aromatic rings. The first-order chi connectivity index (χ1) is 14.7. The fraction of sp³-hybridized carbons (Fsp3) is 0.304. The molecule has 2 heterocycles. The summed E-state index contributed by atoms with van der Waals surface area (Å²) < 4.78 is 10.6. The van der Waals surface area contributed by atoms with Crippen molar-refractivity contribution in [3.05, 3.63) is 81.8 Å². The van der Waals surface area contributed by atoms with Gasteiger partial charge in [0.1, 0.15) is 11.5 Å². The summed E-state index contributed by atoms with van der Waals surface area (Å²) in [4.78, 5) is 19.8. The molecule has 0 amide bonds. The Balaban J connectivity index is 1.53. The normalized spacial score (nSPS) is 18.2. The number of benzene rings is 2. The van der Waals surface area contributed by atoms with Crippen LogP contribution in [0.15, 0.2) is 59.4 Å². The Hall–Kier alpha value is -3.32. The van der Waals surface area contributed by atoms with Gasteiger partial charge in [-0.2, -0.15) is 0 Å². The number of rotatable bonds is 7. The van der Waals surface area contributed by atoms with Gasteiger partial charge in [-0.15, -0.1) is 0 Å². The van der Waals surface area contributed by atoms with E-state index in [0.717, 1.165) is 35.8 Å². The summed E-state index contributed by atoms with van der Waals surface area (Å²) in [5, 5.41) is 6.67. The Bertz CT molecular complexity index is 1050. The maximum absolute atomic E-state index is 12.3. The summed E-state index contributed by atoms with van der Waals surface area (Å²) >= 11 is 0. The number of nitrogens with zero attached hydrogens (tertiary/aromatic N) is 1. The van der Waals surface area contributed by atoms with Gasteiger partial charge in [-0.05, 0) is 35.4 Å². The number of hydrogen-bond donors (Lipinski definition) is 3. The predicted octanol–water partition coefficient (Wildman–Crippen LogP) is 2.87. The van der Waals surface area contributed by atoms with Crippen LogP contribution in [0.1, 0.15) is 28.7 Å². The van der Waals surface area contributed by atoms with E-state index >= 15 is 0 Å². The smallest absolute Gasteiger partial charge is 0.252 e. The van der Waals surface area contributed by atoms with Crippen molar-refractivity contribution in [1.82, 2.24) is 15.3 Å². The molecular weight excluding hydrogens is 380 g/mol. The summed E-state index contributed by atoms with van der Waals surface area (Å²) in [5.74, 6) is 2.46. The van der Waals surface area contributed by atoms with Crippen molar-refractivity contribution >= 4 is 5.95 Å². The second-order valence-corrected chi connectivity index (χ2v) is 7.37.